The van der Waals surface area contributed by atoms with Gasteiger partial charge in [-0.15, -0.1) is 12.4 Å². The Balaban J connectivity index is 0.00000128. The van der Waals surface area contributed by atoms with Crippen molar-refractivity contribution < 1.29 is 9.90 Å². The Labute approximate surface area is 95.8 Å². The molecule has 0 amide bonds. The summed E-state index contributed by atoms with van der Waals surface area (Å²) in [4.78, 5) is 26.1. The molecule has 86 valence electrons. The first-order chi connectivity index (χ1) is 7.09. The zero-order valence-corrected chi connectivity index (χ0v) is 9.14. The molecule has 2 heterocycles. The number of halogens is 1. The molecule has 0 aliphatic rings. The van der Waals surface area contributed by atoms with Crippen LogP contribution >= 0.6 is 12.4 Å². The Kier molecular flexibility index (Phi) is 3.28. The fraction of sp³-hybridized carbons (Fsp3) is 0.250. The van der Waals surface area contributed by atoms with Crippen molar-refractivity contribution in [3.63, 3.8) is 0 Å². The lowest BCUT2D eigenvalue weighted by atomic mass is 10.4. The molecular formula is C8H9ClN4O3. The van der Waals surface area contributed by atoms with Gasteiger partial charge in [0, 0.05) is 0 Å². The van der Waals surface area contributed by atoms with Gasteiger partial charge in [-0.3, -0.25) is 14.2 Å². The van der Waals surface area contributed by atoms with Gasteiger partial charge in [0.2, 0.25) is 0 Å². The number of aryl methyl sites for hydroxylation is 1. The predicted molar refractivity (Wildman–Crippen MR) is 56.9 cm³/mol. The molecule has 16 heavy (non-hydrogen) atoms. The molecule has 2 aromatic rings. The van der Waals surface area contributed by atoms with Gasteiger partial charge in [0.15, 0.2) is 5.52 Å². The zero-order valence-electron chi connectivity index (χ0n) is 8.32. The molecule has 0 aliphatic heterocycles. The topological polar surface area (TPSA) is 89.5 Å². The van der Waals surface area contributed by atoms with Gasteiger partial charge in [0.25, 0.3) is 5.56 Å². The highest BCUT2D eigenvalue weighted by molar-refractivity contribution is 5.85. The van der Waals surface area contributed by atoms with Gasteiger partial charge in [0.05, 0.1) is 5.69 Å². The predicted octanol–water partition coefficient (Wildman–Crippen LogP) is -0.294. The highest BCUT2D eigenvalue weighted by atomic mass is 35.5. The smallest absolute Gasteiger partial charge is 0.323 e. The molecular weight excluding hydrogens is 236 g/mol. The van der Waals surface area contributed by atoms with Gasteiger partial charge in [0.1, 0.15) is 19.2 Å². The van der Waals surface area contributed by atoms with Crippen molar-refractivity contribution in [3.8, 4) is 0 Å². The standard InChI is InChI=1S/C8H8N4O3.ClH/c1-5-7-8(15)11(2-6(13)14)4-10-12(7)3-9-5;/h3-4H,2H2,1H3,(H,13,14);1H. The molecule has 1 N–H and O–H groups in total. The molecule has 0 fully saturated rings. The Morgan fingerprint density at radius 3 is 2.81 bits per heavy atom. The van der Waals surface area contributed by atoms with Crippen molar-refractivity contribution >= 4 is 23.9 Å². The van der Waals surface area contributed by atoms with Crippen LogP contribution in [0.5, 0.6) is 0 Å². The number of fused-ring (bicyclic) bond motifs is 1. The van der Waals surface area contributed by atoms with Gasteiger partial charge in [-0.1, -0.05) is 0 Å². The van der Waals surface area contributed by atoms with E-state index < -0.39 is 18.1 Å². The van der Waals surface area contributed by atoms with Gasteiger partial charge < -0.3 is 5.11 Å². The Morgan fingerprint density at radius 2 is 2.19 bits per heavy atom. The number of carboxylic acids is 1. The molecule has 0 unspecified atom stereocenters. The number of carboxylic acid groups (broad SMARTS) is 1. The lowest BCUT2D eigenvalue weighted by Gasteiger charge is -2.01. The van der Waals surface area contributed by atoms with Gasteiger partial charge in [-0.2, -0.15) is 5.10 Å². The third kappa shape index (κ3) is 1.89. The summed E-state index contributed by atoms with van der Waals surface area (Å²) in [5, 5.41) is 12.4. The molecule has 0 aliphatic carbocycles. The number of aliphatic carboxylic acids is 1. The quantitative estimate of drug-likeness (QED) is 0.784. The van der Waals surface area contributed by atoms with Crippen LogP contribution < -0.4 is 5.56 Å². The molecule has 0 saturated carbocycles. The number of hydrogen-bond acceptors (Lipinski definition) is 4. The Bertz CT molecular complexity index is 588. The minimum absolute atomic E-state index is 0. The Morgan fingerprint density at radius 1 is 1.50 bits per heavy atom. The number of imidazole rings is 1. The maximum Gasteiger partial charge on any atom is 0.323 e. The van der Waals surface area contributed by atoms with E-state index in [1.165, 1.54) is 17.2 Å². The molecule has 8 heteroatoms. The minimum atomic E-state index is -1.08. The van der Waals surface area contributed by atoms with E-state index >= 15 is 0 Å². The van der Waals surface area contributed by atoms with Gasteiger partial charge in [-0.05, 0) is 6.92 Å². The largest absolute Gasteiger partial charge is 0.480 e. The van der Waals surface area contributed by atoms with Crippen molar-refractivity contribution in [2.45, 2.75) is 13.5 Å². The van der Waals surface area contributed by atoms with Crippen LogP contribution in [0.25, 0.3) is 5.52 Å². The second-order valence-electron chi connectivity index (χ2n) is 3.08. The third-order valence-electron chi connectivity index (χ3n) is 2.02. The molecule has 0 bridgehead atoms. The third-order valence-corrected chi connectivity index (χ3v) is 2.02. The van der Waals surface area contributed by atoms with E-state index in [4.69, 9.17) is 5.11 Å². The monoisotopic (exact) mass is 244 g/mol. The summed E-state index contributed by atoms with van der Waals surface area (Å²) in [6.07, 6.45) is 2.60. The number of hydrogen-bond donors (Lipinski definition) is 1. The van der Waals surface area contributed by atoms with Crippen LogP contribution in [-0.4, -0.2) is 30.2 Å². The van der Waals surface area contributed by atoms with E-state index in [0.717, 1.165) is 4.57 Å². The molecule has 0 saturated heterocycles. The maximum absolute atomic E-state index is 11.7. The summed E-state index contributed by atoms with van der Waals surface area (Å²) in [5.74, 6) is -1.08. The maximum atomic E-state index is 11.7. The average Bonchev–Trinajstić information content (AvgIpc) is 2.53. The van der Waals surface area contributed by atoms with Crippen LogP contribution in [0, 0.1) is 6.92 Å². The van der Waals surface area contributed by atoms with Crippen LogP contribution in [0.2, 0.25) is 0 Å². The van der Waals surface area contributed by atoms with E-state index in [2.05, 4.69) is 10.1 Å². The van der Waals surface area contributed by atoms with Crippen molar-refractivity contribution in [3.05, 3.63) is 28.7 Å². The molecule has 0 radical (unpaired) electrons. The number of rotatable bonds is 2. The Hall–Kier alpha value is -1.89. The summed E-state index contributed by atoms with van der Waals surface area (Å²) in [7, 11) is 0. The van der Waals surface area contributed by atoms with Crippen LogP contribution in [0.4, 0.5) is 0 Å². The first kappa shape index (κ1) is 12.2. The second kappa shape index (κ2) is 4.31. The molecule has 0 atom stereocenters. The first-order valence-corrected chi connectivity index (χ1v) is 4.21. The normalized spacial score (nSPS) is 10.1. The summed E-state index contributed by atoms with van der Waals surface area (Å²) in [6.45, 7) is 1.27. The highest BCUT2D eigenvalue weighted by Crippen LogP contribution is 1.99. The summed E-state index contributed by atoms with van der Waals surface area (Å²) in [5.41, 5.74) is 0.438. The molecule has 0 aromatic carbocycles. The number of carbonyl (C=O) groups is 1. The van der Waals surface area contributed by atoms with Gasteiger partial charge >= 0.3 is 5.97 Å². The molecule has 0 spiro atoms. The van der Waals surface area contributed by atoms with Crippen molar-refractivity contribution in [2.24, 2.45) is 0 Å². The summed E-state index contributed by atoms with van der Waals surface area (Å²) < 4.78 is 2.36. The van der Waals surface area contributed by atoms with Crippen molar-refractivity contribution in [2.75, 3.05) is 0 Å². The summed E-state index contributed by atoms with van der Waals surface area (Å²) in [6, 6.07) is 0. The average molecular weight is 245 g/mol. The first-order valence-electron chi connectivity index (χ1n) is 4.21. The molecule has 2 rings (SSSR count). The number of nitrogens with zero attached hydrogens (tertiary/aromatic N) is 4. The van der Waals surface area contributed by atoms with E-state index in [1.807, 2.05) is 0 Å². The van der Waals surface area contributed by atoms with E-state index in [-0.39, 0.29) is 12.4 Å². The van der Waals surface area contributed by atoms with E-state index in [1.54, 1.807) is 6.92 Å². The summed E-state index contributed by atoms with van der Waals surface area (Å²) >= 11 is 0. The SMILES string of the molecule is Cc1ncn2ncn(CC(=O)O)c(=O)c12.Cl. The fourth-order valence-corrected chi connectivity index (χ4v) is 1.33. The van der Waals surface area contributed by atoms with Crippen LogP contribution in [0.1, 0.15) is 5.69 Å². The van der Waals surface area contributed by atoms with Crippen LogP contribution in [0.15, 0.2) is 17.4 Å². The molecule has 7 nitrogen and oxygen atoms in total. The molecule has 2 aromatic heterocycles. The van der Waals surface area contributed by atoms with E-state index in [9.17, 15) is 9.59 Å². The number of aromatic nitrogens is 4. The van der Waals surface area contributed by atoms with E-state index in [0.29, 0.717) is 11.2 Å². The minimum Gasteiger partial charge on any atom is -0.480 e. The highest BCUT2D eigenvalue weighted by Gasteiger charge is 2.09. The van der Waals surface area contributed by atoms with Crippen molar-refractivity contribution in [1.29, 1.82) is 0 Å². The van der Waals surface area contributed by atoms with Gasteiger partial charge in [-0.25, -0.2) is 9.50 Å². The van der Waals surface area contributed by atoms with Crippen LogP contribution in [0.3, 0.4) is 0 Å². The second-order valence-corrected chi connectivity index (χ2v) is 3.08. The van der Waals surface area contributed by atoms with Crippen molar-refractivity contribution in [1.82, 2.24) is 19.2 Å². The zero-order chi connectivity index (χ0) is 11.0. The lowest BCUT2D eigenvalue weighted by molar-refractivity contribution is -0.137. The lowest BCUT2D eigenvalue weighted by Crippen LogP contribution is -2.26. The fourth-order valence-electron chi connectivity index (χ4n) is 1.33. The van der Waals surface area contributed by atoms with Crippen LogP contribution in [-0.2, 0) is 11.3 Å².